The topological polar surface area (TPSA) is 36.5 Å². The van der Waals surface area contributed by atoms with Gasteiger partial charge in [-0.2, -0.15) is 0 Å². The molecule has 0 aromatic heterocycles. The number of hydrogen-bond acceptors (Lipinski definition) is 4. The van der Waals surface area contributed by atoms with E-state index in [-0.39, 0.29) is 0 Å². The Bertz CT molecular complexity index is 159. The van der Waals surface area contributed by atoms with Gasteiger partial charge < -0.3 is 15.4 Å². The second-order valence-electron chi connectivity index (χ2n) is 3.87. The molecule has 2 saturated heterocycles. The molecule has 2 aliphatic rings. The first kappa shape index (κ1) is 9.40. The fourth-order valence-electron chi connectivity index (χ4n) is 2.08. The van der Waals surface area contributed by atoms with E-state index in [0.29, 0.717) is 12.1 Å². The third-order valence-corrected chi connectivity index (χ3v) is 2.95. The predicted octanol–water partition coefficient (Wildman–Crippen LogP) is -1.12. The third kappa shape index (κ3) is 2.20. The molecule has 0 aromatic rings. The first-order valence-corrected chi connectivity index (χ1v) is 5.11. The highest BCUT2D eigenvalue weighted by Gasteiger charge is 2.29. The van der Waals surface area contributed by atoms with Crippen LogP contribution in [0.25, 0.3) is 0 Å². The summed E-state index contributed by atoms with van der Waals surface area (Å²) >= 11 is 0. The van der Waals surface area contributed by atoms with E-state index in [2.05, 4.69) is 22.6 Å². The minimum Gasteiger partial charge on any atom is -0.374 e. The van der Waals surface area contributed by atoms with E-state index < -0.39 is 0 Å². The molecule has 2 fully saturated rings. The molecule has 0 aliphatic carbocycles. The van der Waals surface area contributed by atoms with Crippen LogP contribution >= 0.6 is 0 Å². The van der Waals surface area contributed by atoms with Crippen molar-refractivity contribution in [3.05, 3.63) is 0 Å². The van der Waals surface area contributed by atoms with Gasteiger partial charge in [0, 0.05) is 38.8 Å². The van der Waals surface area contributed by atoms with Gasteiger partial charge in [0.15, 0.2) is 0 Å². The summed E-state index contributed by atoms with van der Waals surface area (Å²) in [6.07, 6.45) is 0.367. The van der Waals surface area contributed by atoms with Crippen LogP contribution in [-0.2, 0) is 4.74 Å². The molecular formula is C9H19N3O. The molecule has 2 heterocycles. The van der Waals surface area contributed by atoms with E-state index in [1.54, 1.807) is 0 Å². The van der Waals surface area contributed by atoms with Crippen molar-refractivity contribution in [1.82, 2.24) is 15.5 Å². The lowest BCUT2D eigenvalue weighted by atomic mass is 10.1. The molecule has 2 unspecified atom stereocenters. The maximum Gasteiger partial charge on any atom is 0.0867 e. The number of rotatable bonds is 1. The second-order valence-corrected chi connectivity index (χ2v) is 3.87. The first-order valence-electron chi connectivity index (χ1n) is 5.11. The quantitative estimate of drug-likeness (QED) is 0.542. The van der Waals surface area contributed by atoms with Crippen LogP contribution in [0.5, 0.6) is 0 Å². The summed E-state index contributed by atoms with van der Waals surface area (Å²) in [4.78, 5) is 2.40. The maximum atomic E-state index is 5.74. The zero-order chi connectivity index (χ0) is 9.10. The Balaban J connectivity index is 1.88. The summed E-state index contributed by atoms with van der Waals surface area (Å²) < 4.78 is 5.74. The lowest BCUT2D eigenvalue weighted by Crippen LogP contribution is -2.59. The summed E-state index contributed by atoms with van der Waals surface area (Å²) in [5.74, 6) is 0. The van der Waals surface area contributed by atoms with Crippen LogP contribution in [0.4, 0.5) is 0 Å². The van der Waals surface area contributed by atoms with Crippen molar-refractivity contribution in [1.29, 1.82) is 0 Å². The van der Waals surface area contributed by atoms with Gasteiger partial charge in [0.2, 0.25) is 0 Å². The van der Waals surface area contributed by atoms with Crippen LogP contribution in [-0.4, -0.2) is 63.4 Å². The summed E-state index contributed by atoms with van der Waals surface area (Å²) in [7, 11) is 2.18. The van der Waals surface area contributed by atoms with Crippen LogP contribution < -0.4 is 10.6 Å². The molecule has 2 N–H and O–H groups in total. The highest BCUT2D eigenvalue weighted by atomic mass is 16.5. The fraction of sp³-hybridized carbons (Fsp3) is 1.00. The van der Waals surface area contributed by atoms with Gasteiger partial charge in [0.25, 0.3) is 0 Å². The summed E-state index contributed by atoms with van der Waals surface area (Å²) in [6.45, 7) is 6.15. The average Bonchev–Trinajstić information content (AvgIpc) is 2.20. The SMILES string of the molecule is CN1CCNCC1C1CNCCO1. The van der Waals surface area contributed by atoms with Crippen molar-refractivity contribution < 1.29 is 4.74 Å². The average molecular weight is 185 g/mol. The minimum atomic E-state index is 0.367. The van der Waals surface area contributed by atoms with E-state index in [0.717, 1.165) is 39.3 Å². The maximum absolute atomic E-state index is 5.74. The minimum absolute atomic E-state index is 0.367. The molecule has 76 valence electrons. The Morgan fingerprint density at radius 3 is 2.77 bits per heavy atom. The van der Waals surface area contributed by atoms with E-state index >= 15 is 0 Å². The van der Waals surface area contributed by atoms with Gasteiger partial charge in [-0.15, -0.1) is 0 Å². The molecule has 2 atom stereocenters. The van der Waals surface area contributed by atoms with E-state index in [1.807, 2.05) is 0 Å². The zero-order valence-corrected chi connectivity index (χ0v) is 8.25. The largest absolute Gasteiger partial charge is 0.374 e. The summed E-state index contributed by atoms with van der Waals surface area (Å²) in [5, 5.41) is 6.79. The number of nitrogens with zero attached hydrogens (tertiary/aromatic N) is 1. The van der Waals surface area contributed by atoms with Gasteiger partial charge in [-0.05, 0) is 7.05 Å². The molecule has 4 nitrogen and oxygen atoms in total. The molecule has 13 heavy (non-hydrogen) atoms. The van der Waals surface area contributed by atoms with Crippen molar-refractivity contribution in [2.24, 2.45) is 0 Å². The smallest absolute Gasteiger partial charge is 0.0867 e. The number of nitrogens with one attached hydrogen (secondary N) is 2. The highest BCUT2D eigenvalue weighted by molar-refractivity contribution is 4.87. The van der Waals surface area contributed by atoms with Crippen molar-refractivity contribution in [3.8, 4) is 0 Å². The molecule has 0 aromatic carbocycles. The van der Waals surface area contributed by atoms with Crippen LogP contribution in [0.1, 0.15) is 0 Å². The molecule has 0 amide bonds. The first-order chi connectivity index (χ1) is 6.38. The van der Waals surface area contributed by atoms with Crippen LogP contribution in [0.2, 0.25) is 0 Å². The monoisotopic (exact) mass is 185 g/mol. The Kier molecular flexibility index (Phi) is 3.16. The molecule has 0 saturated carbocycles. The molecule has 2 rings (SSSR count). The van der Waals surface area contributed by atoms with Crippen LogP contribution in [0.3, 0.4) is 0 Å². The molecule has 4 heteroatoms. The summed E-state index contributed by atoms with van der Waals surface area (Å²) in [6, 6.07) is 0.543. The Morgan fingerprint density at radius 2 is 2.08 bits per heavy atom. The number of piperazine rings is 1. The highest BCUT2D eigenvalue weighted by Crippen LogP contribution is 2.10. The lowest BCUT2D eigenvalue weighted by Gasteiger charge is -2.39. The molecule has 2 aliphatic heterocycles. The lowest BCUT2D eigenvalue weighted by molar-refractivity contribution is -0.0313. The molecular weight excluding hydrogens is 166 g/mol. The van der Waals surface area contributed by atoms with Crippen molar-refractivity contribution in [2.45, 2.75) is 12.1 Å². The van der Waals surface area contributed by atoms with Gasteiger partial charge in [0.05, 0.1) is 12.7 Å². The normalized spacial score (nSPS) is 37.6. The Hall–Kier alpha value is -0.160. The van der Waals surface area contributed by atoms with E-state index in [9.17, 15) is 0 Å². The van der Waals surface area contributed by atoms with E-state index in [1.165, 1.54) is 0 Å². The number of likely N-dealkylation sites (N-methyl/N-ethyl adjacent to an activating group) is 1. The Labute approximate surface area is 79.6 Å². The van der Waals surface area contributed by atoms with Crippen LogP contribution in [0.15, 0.2) is 0 Å². The fourth-order valence-corrected chi connectivity index (χ4v) is 2.08. The van der Waals surface area contributed by atoms with Gasteiger partial charge in [-0.3, -0.25) is 4.90 Å². The number of ether oxygens (including phenoxy) is 1. The third-order valence-electron chi connectivity index (χ3n) is 2.95. The predicted molar refractivity (Wildman–Crippen MR) is 51.9 cm³/mol. The van der Waals surface area contributed by atoms with E-state index in [4.69, 9.17) is 4.74 Å². The molecule has 0 radical (unpaired) electrons. The van der Waals surface area contributed by atoms with Gasteiger partial charge in [-0.1, -0.05) is 0 Å². The van der Waals surface area contributed by atoms with Crippen molar-refractivity contribution in [3.63, 3.8) is 0 Å². The van der Waals surface area contributed by atoms with Crippen molar-refractivity contribution in [2.75, 3.05) is 46.4 Å². The van der Waals surface area contributed by atoms with Crippen molar-refractivity contribution >= 4 is 0 Å². The van der Waals surface area contributed by atoms with Gasteiger partial charge in [0.1, 0.15) is 0 Å². The van der Waals surface area contributed by atoms with Crippen LogP contribution in [0, 0.1) is 0 Å². The number of hydrogen-bond donors (Lipinski definition) is 2. The molecule has 0 bridgehead atoms. The standard InChI is InChI=1S/C9H19N3O/c1-12-4-2-10-6-8(12)9-7-11-3-5-13-9/h8-11H,2-7H2,1H3. The van der Waals surface area contributed by atoms with Gasteiger partial charge >= 0.3 is 0 Å². The molecule has 0 spiro atoms. The summed E-state index contributed by atoms with van der Waals surface area (Å²) in [5.41, 5.74) is 0. The zero-order valence-electron chi connectivity index (χ0n) is 8.25. The second kappa shape index (κ2) is 4.37. The number of morpholine rings is 1. The Morgan fingerprint density at radius 1 is 1.23 bits per heavy atom. The van der Waals surface area contributed by atoms with Gasteiger partial charge in [-0.25, -0.2) is 0 Å².